The molecule has 1 fully saturated rings. The van der Waals surface area contributed by atoms with Crippen molar-refractivity contribution in [3.05, 3.63) is 21.5 Å². The van der Waals surface area contributed by atoms with E-state index in [0.717, 1.165) is 6.42 Å². The molecule has 1 heterocycles. The molecule has 9 nitrogen and oxygen atoms in total. The van der Waals surface area contributed by atoms with Crippen LogP contribution in [0.5, 0.6) is 0 Å². The molecule has 2 rings (SSSR count). The van der Waals surface area contributed by atoms with E-state index in [-0.39, 0.29) is 23.6 Å². The fourth-order valence-corrected chi connectivity index (χ4v) is 2.47. The molecule has 114 valence electrons. The molecule has 0 atom stereocenters. The third kappa shape index (κ3) is 2.58. The highest BCUT2D eigenvalue weighted by molar-refractivity contribution is 5.87. The van der Waals surface area contributed by atoms with E-state index in [1.807, 2.05) is 0 Å². The molecule has 1 saturated carbocycles. The van der Waals surface area contributed by atoms with Gasteiger partial charge in [0.15, 0.2) is 0 Å². The number of nitrogens with one attached hydrogen (secondary N) is 1. The number of hydrogen-bond donors (Lipinski definition) is 2. The van der Waals surface area contributed by atoms with Crippen LogP contribution in [0.2, 0.25) is 0 Å². The van der Waals surface area contributed by atoms with Crippen molar-refractivity contribution in [1.82, 2.24) is 15.1 Å². The Morgan fingerprint density at radius 2 is 2.10 bits per heavy atom. The third-order valence-electron chi connectivity index (χ3n) is 3.81. The van der Waals surface area contributed by atoms with Gasteiger partial charge < -0.3 is 10.4 Å². The van der Waals surface area contributed by atoms with Crippen LogP contribution >= 0.6 is 0 Å². The van der Waals surface area contributed by atoms with Crippen molar-refractivity contribution in [3.8, 4) is 0 Å². The summed E-state index contributed by atoms with van der Waals surface area (Å²) in [5, 5.41) is 26.5. The molecule has 1 amide bonds. The minimum Gasteiger partial charge on any atom is -0.480 e. The molecule has 9 heteroatoms. The quantitative estimate of drug-likeness (QED) is 0.602. The number of carbonyl (C=O) groups is 2. The van der Waals surface area contributed by atoms with Crippen LogP contribution in [-0.4, -0.2) is 37.2 Å². The molecular formula is C12H16N4O5. The van der Waals surface area contributed by atoms with Crippen molar-refractivity contribution in [2.45, 2.75) is 45.2 Å². The Morgan fingerprint density at radius 3 is 2.48 bits per heavy atom. The Morgan fingerprint density at radius 1 is 1.48 bits per heavy atom. The Labute approximate surface area is 120 Å². The minimum atomic E-state index is -1.20. The van der Waals surface area contributed by atoms with Gasteiger partial charge in [-0.1, -0.05) is 0 Å². The lowest BCUT2D eigenvalue weighted by atomic mass is 9.77. The third-order valence-corrected chi connectivity index (χ3v) is 3.81. The van der Waals surface area contributed by atoms with Crippen LogP contribution in [0.15, 0.2) is 0 Å². The number of amides is 1. The summed E-state index contributed by atoms with van der Waals surface area (Å²) >= 11 is 0. The number of nitrogens with zero attached hydrogens (tertiary/aromatic N) is 3. The molecule has 0 spiro atoms. The first-order chi connectivity index (χ1) is 9.77. The van der Waals surface area contributed by atoms with Crippen LogP contribution in [0.4, 0.5) is 5.69 Å². The van der Waals surface area contributed by atoms with Gasteiger partial charge in [-0.3, -0.25) is 19.6 Å². The largest absolute Gasteiger partial charge is 0.480 e. The van der Waals surface area contributed by atoms with Crippen LogP contribution < -0.4 is 5.32 Å². The number of aromatic nitrogens is 2. The topological polar surface area (TPSA) is 127 Å². The predicted molar refractivity (Wildman–Crippen MR) is 70.7 cm³/mol. The van der Waals surface area contributed by atoms with E-state index in [9.17, 15) is 19.7 Å². The number of carboxylic acid groups (broad SMARTS) is 1. The maximum Gasteiger partial charge on any atom is 0.329 e. The number of carbonyl (C=O) groups excluding carboxylic acids is 1. The van der Waals surface area contributed by atoms with Crippen LogP contribution in [0.3, 0.4) is 0 Å². The van der Waals surface area contributed by atoms with Crippen LogP contribution in [-0.2, 0) is 16.1 Å². The highest BCUT2D eigenvalue weighted by Crippen LogP contribution is 2.32. The fourth-order valence-electron chi connectivity index (χ4n) is 2.47. The highest BCUT2D eigenvalue weighted by atomic mass is 16.6. The van der Waals surface area contributed by atoms with E-state index in [2.05, 4.69) is 10.4 Å². The van der Waals surface area contributed by atoms with Gasteiger partial charge in [0.05, 0.1) is 4.92 Å². The number of nitro groups is 1. The number of aliphatic carboxylic acids is 1. The van der Waals surface area contributed by atoms with E-state index in [4.69, 9.17) is 5.11 Å². The molecule has 0 aliphatic heterocycles. The summed E-state index contributed by atoms with van der Waals surface area (Å²) in [5.74, 6) is -1.57. The summed E-state index contributed by atoms with van der Waals surface area (Å²) in [6.45, 7) is 2.75. The number of aryl methyl sites for hydroxylation is 1. The second kappa shape index (κ2) is 5.15. The number of carboxylic acids is 1. The monoisotopic (exact) mass is 296 g/mol. The van der Waals surface area contributed by atoms with Crippen molar-refractivity contribution in [1.29, 1.82) is 0 Å². The lowest BCUT2D eigenvalue weighted by molar-refractivity contribution is -0.386. The molecule has 1 aliphatic rings. The van der Waals surface area contributed by atoms with Gasteiger partial charge in [-0.25, -0.2) is 4.79 Å². The van der Waals surface area contributed by atoms with Crippen molar-refractivity contribution >= 4 is 17.6 Å². The Bertz CT molecular complexity index is 617. The highest BCUT2D eigenvalue weighted by Gasteiger charge is 2.45. The maximum absolute atomic E-state index is 12.0. The average molecular weight is 296 g/mol. The van der Waals surface area contributed by atoms with Gasteiger partial charge in [-0.05, 0) is 33.1 Å². The molecule has 0 bridgehead atoms. The summed E-state index contributed by atoms with van der Waals surface area (Å²) in [6, 6.07) is 0. The molecule has 1 aliphatic carbocycles. The summed E-state index contributed by atoms with van der Waals surface area (Å²) in [7, 11) is 0. The molecule has 0 radical (unpaired) electrons. The van der Waals surface area contributed by atoms with Gasteiger partial charge in [0, 0.05) is 0 Å². The summed E-state index contributed by atoms with van der Waals surface area (Å²) in [4.78, 5) is 33.5. The van der Waals surface area contributed by atoms with Gasteiger partial charge in [-0.15, -0.1) is 0 Å². The predicted octanol–water partition coefficient (Wildman–Crippen LogP) is 0.532. The molecule has 2 N–H and O–H groups in total. The van der Waals surface area contributed by atoms with Gasteiger partial charge in [0.25, 0.3) is 0 Å². The van der Waals surface area contributed by atoms with Crippen molar-refractivity contribution in [2.75, 3.05) is 0 Å². The van der Waals surface area contributed by atoms with Gasteiger partial charge in [0.1, 0.15) is 23.5 Å². The minimum absolute atomic E-state index is 0.126. The summed E-state index contributed by atoms with van der Waals surface area (Å²) < 4.78 is 1.22. The molecule has 1 aromatic rings. The number of hydrogen-bond acceptors (Lipinski definition) is 5. The SMILES string of the molecule is Cc1nn(CC(=O)NC2(C(=O)O)CCC2)c(C)c1[N+](=O)[O-]. The first-order valence-corrected chi connectivity index (χ1v) is 6.49. The van der Waals surface area contributed by atoms with E-state index < -0.39 is 22.3 Å². The Kier molecular flexibility index (Phi) is 3.67. The lowest BCUT2D eigenvalue weighted by Gasteiger charge is -2.38. The van der Waals surface area contributed by atoms with E-state index in [1.165, 1.54) is 18.5 Å². The maximum atomic E-state index is 12.0. The first kappa shape index (κ1) is 14.9. The number of rotatable bonds is 5. The summed E-state index contributed by atoms with van der Waals surface area (Å²) in [6.07, 6.45) is 1.54. The standard InChI is InChI=1S/C12H16N4O5/c1-7-10(16(20)21)8(2)15(14-7)6-9(17)13-12(11(18)19)4-3-5-12/h3-6H2,1-2H3,(H,13,17)(H,18,19). The lowest BCUT2D eigenvalue weighted by Crippen LogP contribution is -2.59. The first-order valence-electron chi connectivity index (χ1n) is 6.49. The normalized spacial score (nSPS) is 16.1. The van der Waals surface area contributed by atoms with E-state index in [1.54, 1.807) is 0 Å². The van der Waals surface area contributed by atoms with Gasteiger partial charge in [0.2, 0.25) is 5.91 Å². The zero-order valence-corrected chi connectivity index (χ0v) is 11.8. The smallest absolute Gasteiger partial charge is 0.329 e. The van der Waals surface area contributed by atoms with Crippen molar-refractivity contribution in [2.24, 2.45) is 0 Å². The Balaban J connectivity index is 2.12. The van der Waals surface area contributed by atoms with Gasteiger partial charge >= 0.3 is 11.7 Å². The molecule has 0 aromatic carbocycles. The van der Waals surface area contributed by atoms with Gasteiger partial charge in [-0.2, -0.15) is 5.10 Å². The average Bonchev–Trinajstić information content (AvgIpc) is 2.58. The zero-order valence-electron chi connectivity index (χ0n) is 11.8. The molecule has 0 unspecified atom stereocenters. The fraction of sp³-hybridized carbons (Fsp3) is 0.583. The van der Waals surface area contributed by atoms with Crippen molar-refractivity contribution < 1.29 is 19.6 Å². The zero-order chi connectivity index (χ0) is 15.8. The molecular weight excluding hydrogens is 280 g/mol. The summed E-state index contributed by atoms with van der Waals surface area (Å²) in [5.41, 5.74) is -0.828. The molecule has 0 saturated heterocycles. The van der Waals surface area contributed by atoms with Crippen LogP contribution in [0.25, 0.3) is 0 Å². The Hall–Kier alpha value is -2.45. The van der Waals surface area contributed by atoms with Crippen LogP contribution in [0.1, 0.15) is 30.7 Å². The second-order valence-electron chi connectivity index (χ2n) is 5.22. The molecule has 1 aromatic heterocycles. The molecule has 21 heavy (non-hydrogen) atoms. The van der Waals surface area contributed by atoms with E-state index >= 15 is 0 Å². The second-order valence-corrected chi connectivity index (χ2v) is 5.22. The van der Waals surface area contributed by atoms with E-state index in [0.29, 0.717) is 12.8 Å². The van der Waals surface area contributed by atoms with Crippen LogP contribution in [0, 0.1) is 24.0 Å². The van der Waals surface area contributed by atoms with Crippen molar-refractivity contribution in [3.63, 3.8) is 0 Å².